The Labute approximate surface area is 260 Å². The molecule has 19 nitrogen and oxygen atoms in total. The van der Waals surface area contributed by atoms with Crippen LogP contribution in [-0.4, -0.2) is 177 Å². The fourth-order valence-corrected chi connectivity index (χ4v) is 6.49. The molecule has 0 aromatic carbocycles. The van der Waals surface area contributed by atoms with Crippen LogP contribution >= 0.6 is 0 Å². The highest BCUT2D eigenvalue weighted by molar-refractivity contribution is 5.00. The van der Waals surface area contributed by atoms with Crippen LogP contribution in [0.25, 0.3) is 0 Å². The number of aliphatic hydroxyl groups is 8. The highest BCUT2D eigenvalue weighted by Gasteiger charge is 2.51. The number of ether oxygens (including phenoxy) is 6. The van der Waals surface area contributed by atoms with E-state index in [0.29, 0.717) is 6.42 Å². The minimum Gasteiger partial charge on any atom is -0.394 e. The van der Waals surface area contributed by atoms with Crippen molar-refractivity contribution in [3.05, 3.63) is 0 Å². The van der Waals surface area contributed by atoms with E-state index in [2.05, 4.69) is 0 Å². The van der Waals surface area contributed by atoms with Crippen molar-refractivity contribution in [3.63, 3.8) is 0 Å². The lowest BCUT2D eigenvalue weighted by atomic mass is 9.80. The van der Waals surface area contributed by atoms with Gasteiger partial charge in [-0.1, -0.05) is 6.92 Å². The Bertz CT molecular complexity index is 863. The third-order valence-electron chi connectivity index (χ3n) is 9.33. The molecule has 45 heavy (non-hydrogen) atoms. The third-order valence-corrected chi connectivity index (χ3v) is 9.33. The van der Waals surface area contributed by atoms with Crippen molar-refractivity contribution in [2.75, 3.05) is 20.0 Å². The molecular weight excluding hydrogens is 606 g/mol. The molecule has 0 aromatic heterocycles. The summed E-state index contributed by atoms with van der Waals surface area (Å²) in [6, 6.07) is -4.68. The van der Waals surface area contributed by atoms with Gasteiger partial charge in [-0.05, 0) is 18.8 Å². The first-order valence-corrected chi connectivity index (χ1v) is 15.1. The molecular formula is C26H51N5O14. The molecule has 4 rings (SSSR count). The molecule has 0 spiro atoms. The number of hydrogen-bond donors (Lipinski definition) is 13. The maximum atomic E-state index is 10.8. The standard InChI is InChI=1S/C26H51N5O14/c1-7-2-9(28)21(19(38)15(7)34)44-25-13(30)23(17(36)11(4-32)42-25)40-6-41-24-14(31)26(43-12(5-33)18(24)37)45-22-10(29)3-8(27)16(35)20(22)39/h7-26,32-39H,2-6,27-31H2,1H3/t7-,8+,9?,10?,11?,12?,13?,14-,15?,16+,17-,18+,19-,20?,21-,22+,23-,24?,25-,26+/m1/s1. The van der Waals surface area contributed by atoms with Gasteiger partial charge >= 0.3 is 0 Å². The Morgan fingerprint density at radius 1 is 0.556 bits per heavy atom. The zero-order chi connectivity index (χ0) is 33.3. The van der Waals surface area contributed by atoms with Crippen LogP contribution in [0.1, 0.15) is 19.8 Å². The summed E-state index contributed by atoms with van der Waals surface area (Å²) in [5, 5.41) is 82.9. The molecule has 19 heteroatoms. The Kier molecular flexibility index (Phi) is 12.9. The molecule has 2 heterocycles. The van der Waals surface area contributed by atoms with Crippen molar-refractivity contribution < 1.29 is 69.3 Å². The van der Waals surface area contributed by atoms with E-state index in [1.807, 2.05) is 0 Å². The molecule has 8 unspecified atom stereocenters. The van der Waals surface area contributed by atoms with Gasteiger partial charge in [-0.15, -0.1) is 0 Å². The van der Waals surface area contributed by atoms with Crippen LogP contribution in [0, 0.1) is 5.92 Å². The Hall–Kier alpha value is -0.760. The monoisotopic (exact) mass is 657 g/mol. The van der Waals surface area contributed by atoms with E-state index >= 15 is 0 Å². The molecule has 2 saturated heterocycles. The van der Waals surface area contributed by atoms with Gasteiger partial charge in [-0.25, -0.2) is 0 Å². The van der Waals surface area contributed by atoms with Gasteiger partial charge in [0.1, 0.15) is 67.8 Å². The molecule has 0 bridgehead atoms. The van der Waals surface area contributed by atoms with E-state index in [-0.39, 0.29) is 12.3 Å². The second kappa shape index (κ2) is 15.6. The number of hydrogen-bond acceptors (Lipinski definition) is 19. The summed E-state index contributed by atoms with van der Waals surface area (Å²) in [5.74, 6) is -0.285. The molecule has 0 aromatic rings. The van der Waals surface area contributed by atoms with Crippen molar-refractivity contribution in [2.24, 2.45) is 34.6 Å². The minimum absolute atomic E-state index is 0.128. The van der Waals surface area contributed by atoms with Crippen LogP contribution in [0.3, 0.4) is 0 Å². The van der Waals surface area contributed by atoms with Crippen LogP contribution < -0.4 is 28.7 Å². The normalized spacial score (nSPS) is 52.9. The lowest BCUT2D eigenvalue weighted by Gasteiger charge is -2.47. The lowest BCUT2D eigenvalue weighted by Crippen LogP contribution is -2.68. The second-order valence-corrected chi connectivity index (χ2v) is 12.6. The maximum absolute atomic E-state index is 10.8. The summed E-state index contributed by atoms with van der Waals surface area (Å²) >= 11 is 0. The molecule has 18 N–H and O–H groups in total. The largest absolute Gasteiger partial charge is 0.394 e. The summed E-state index contributed by atoms with van der Waals surface area (Å²) in [6.45, 7) is -0.198. The third kappa shape index (κ3) is 7.78. The van der Waals surface area contributed by atoms with Gasteiger partial charge in [0.2, 0.25) is 0 Å². The summed E-state index contributed by atoms with van der Waals surface area (Å²) in [4.78, 5) is 0. The topological polar surface area (TPSA) is 347 Å². The van der Waals surface area contributed by atoms with Gasteiger partial charge in [0.15, 0.2) is 12.6 Å². The Morgan fingerprint density at radius 2 is 0.978 bits per heavy atom. The Balaban J connectivity index is 1.41. The molecule has 4 fully saturated rings. The van der Waals surface area contributed by atoms with E-state index in [1.165, 1.54) is 0 Å². The first-order chi connectivity index (χ1) is 21.2. The zero-order valence-corrected chi connectivity index (χ0v) is 25.0. The average Bonchev–Trinajstić information content (AvgIpc) is 3.00. The first-order valence-electron chi connectivity index (χ1n) is 15.1. The average molecular weight is 658 g/mol. The van der Waals surface area contributed by atoms with Crippen LogP contribution in [0.2, 0.25) is 0 Å². The van der Waals surface area contributed by atoms with Gasteiger partial charge in [-0.2, -0.15) is 0 Å². The smallest absolute Gasteiger partial charge is 0.176 e. The molecule has 4 aliphatic rings. The number of aliphatic hydroxyl groups excluding tert-OH is 8. The molecule has 264 valence electrons. The fraction of sp³-hybridized carbons (Fsp3) is 1.00. The first kappa shape index (κ1) is 37.1. The zero-order valence-electron chi connectivity index (χ0n) is 25.0. The van der Waals surface area contributed by atoms with E-state index in [1.54, 1.807) is 6.92 Å². The number of rotatable bonds is 10. The predicted octanol–water partition coefficient (Wildman–Crippen LogP) is -7.84. The highest BCUT2D eigenvalue weighted by atomic mass is 16.7. The van der Waals surface area contributed by atoms with E-state index in [0.717, 1.165) is 0 Å². The lowest BCUT2D eigenvalue weighted by molar-refractivity contribution is -0.320. The van der Waals surface area contributed by atoms with Crippen LogP contribution in [0.15, 0.2) is 0 Å². The van der Waals surface area contributed by atoms with Crippen molar-refractivity contribution in [2.45, 2.75) is 136 Å². The predicted molar refractivity (Wildman–Crippen MR) is 150 cm³/mol. The molecule has 2 aliphatic carbocycles. The number of nitrogens with two attached hydrogens (primary N) is 5. The molecule has 20 atom stereocenters. The minimum atomic E-state index is -1.48. The van der Waals surface area contributed by atoms with E-state index in [9.17, 15) is 40.9 Å². The van der Waals surface area contributed by atoms with E-state index < -0.39 is 136 Å². The quantitative estimate of drug-likeness (QED) is 0.0970. The summed E-state index contributed by atoms with van der Waals surface area (Å²) in [6.07, 6.45) is -17.6. The summed E-state index contributed by atoms with van der Waals surface area (Å²) in [5.41, 5.74) is 30.7. The van der Waals surface area contributed by atoms with Gasteiger partial charge in [0, 0.05) is 18.1 Å². The van der Waals surface area contributed by atoms with Crippen molar-refractivity contribution in [3.8, 4) is 0 Å². The van der Waals surface area contributed by atoms with E-state index in [4.69, 9.17) is 57.1 Å². The summed E-state index contributed by atoms with van der Waals surface area (Å²) in [7, 11) is 0. The second-order valence-electron chi connectivity index (χ2n) is 12.6. The maximum Gasteiger partial charge on any atom is 0.176 e. The van der Waals surface area contributed by atoms with Gasteiger partial charge in [0.05, 0.1) is 37.5 Å². The molecule has 2 saturated carbocycles. The Morgan fingerprint density at radius 3 is 1.42 bits per heavy atom. The summed E-state index contributed by atoms with van der Waals surface area (Å²) < 4.78 is 34.4. The van der Waals surface area contributed by atoms with Crippen molar-refractivity contribution >= 4 is 0 Å². The van der Waals surface area contributed by atoms with Gasteiger partial charge in [0.25, 0.3) is 0 Å². The fourth-order valence-electron chi connectivity index (χ4n) is 6.49. The van der Waals surface area contributed by atoms with Crippen LogP contribution in [-0.2, 0) is 28.4 Å². The molecule has 0 amide bonds. The molecule has 2 aliphatic heterocycles. The SMILES string of the molecule is C[C@@H]1CC(N)[C@@H](O[C@H]2OC(CO)[C@@H](O)[C@H](OCOC3[C@@H](O)C(CO)O[C@@H](O[C@H]4C(N)C[C@H](N)[C@H](O)C4O)[C@@H]3N)C2N)[C@H](O)C1O. The van der Waals surface area contributed by atoms with Gasteiger partial charge in [-0.3, -0.25) is 0 Å². The van der Waals surface area contributed by atoms with Gasteiger partial charge < -0.3 is 97.9 Å². The van der Waals surface area contributed by atoms with Crippen molar-refractivity contribution in [1.82, 2.24) is 0 Å². The van der Waals surface area contributed by atoms with Crippen molar-refractivity contribution in [1.29, 1.82) is 0 Å². The van der Waals surface area contributed by atoms with Crippen LogP contribution in [0.4, 0.5) is 0 Å². The highest BCUT2D eigenvalue weighted by Crippen LogP contribution is 2.32. The molecule has 0 radical (unpaired) electrons. The van der Waals surface area contributed by atoms with Crippen LogP contribution in [0.5, 0.6) is 0 Å².